The van der Waals surface area contributed by atoms with Crippen LogP contribution in [0, 0.1) is 0 Å². The molecular weight excluding hydrogens is 208 g/mol. The van der Waals surface area contributed by atoms with E-state index in [1.54, 1.807) is 22.3 Å². The van der Waals surface area contributed by atoms with Gasteiger partial charge in [0.15, 0.2) is 0 Å². The van der Waals surface area contributed by atoms with Crippen molar-refractivity contribution in [1.29, 1.82) is 0 Å². The van der Waals surface area contributed by atoms with Gasteiger partial charge in [0, 0.05) is 13.1 Å². The van der Waals surface area contributed by atoms with Crippen LogP contribution in [0.25, 0.3) is 0 Å². The monoisotopic (exact) mass is 222 g/mol. The van der Waals surface area contributed by atoms with Gasteiger partial charge >= 0.3 is 0 Å². The molecule has 1 atom stereocenters. The lowest BCUT2D eigenvalue weighted by molar-refractivity contribution is 0.541. The van der Waals surface area contributed by atoms with Crippen molar-refractivity contribution in [2.45, 2.75) is 19.5 Å². The summed E-state index contributed by atoms with van der Waals surface area (Å²) in [6.45, 7) is 2.89. The fourth-order valence-corrected chi connectivity index (χ4v) is 2.12. The Hall–Kier alpha value is -1.20. The second-order valence-electron chi connectivity index (χ2n) is 3.46. The van der Waals surface area contributed by atoms with E-state index in [9.17, 15) is 0 Å². The maximum absolute atomic E-state index is 4.16. The number of hydrogen-bond acceptors (Lipinski definition) is 4. The Kier molecular flexibility index (Phi) is 3.13. The average Bonchev–Trinajstić information content (AvgIpc) is 2.85. The predicted molar refractivity (Wildman–Crippen MR) is 60.6 cm³/mol. The van der Waals surface area contributed by atoms with Gasteiger partial charge in [-0.15, -0.1) is 0 Å². The minimum absolute atomic E-state index is 0.355. The highest BCUT2D eigenvalue weighted by atomic mass is 32.1. The third-order valence-corrected chi connectivity index (χ3v) is 3.12. The molecular formula is C10H14N4S. The van der Waals surface area contributed by atoms with Crippen molar-refractivity contribution in [3.05, 3.63) is 34.5 Å². The minimum atomic E-state index is 0.355. The molecule has 2 rings (SSSR count). The first kappa shape index (κ1) is 10.3. The van der Waals surface area contributed by atoms with Crippen LogP contribution in [-0.4, -0.2) is 14.8 Å². The highest BCUT2D eigenvalue weighted by molar-refractivity contribution is 7.07. The molecule has 0 saturated carbocycles. The van der Waals surface area contributed by atoms with Gasteiger partial charge in [0.2, 0.25) is 0 Å². The lowest BCUT2D eigenvalue weighted by atomic mass is 10.2. The summed E-state index contributed by atoms with van der Waals surface area (Å²) < 4.78 is 1.79. The largest absolute Gasteiger partial charge is 0.303 e. The molecule has 0 spiro atoms. The van der Waals surface area contributed by atoms with Gasteiger partial charge in [-0.05, 0) is 29.3 Å². The molecule has 2 aromatic rings. The molecule has 0 aliphatic carbocycles. The van der Waals surface area contributed by atoms with Crippen LogP contribution in [0.4, 0.5) is 0 Å². The molecule has 1 unspecified atom stereocenters. The van der Waals surface area contributed by atoms with E-state index in [2.05, 4.69) is 39.1 Å². The molecule has 5 heteroatoms. The van der Waals surface area contributed by atoms with E-state index >= 15 is 0 Å². The van der Waals surface area contributed by atoms with Gasteiger partial charge < -0.3 is 5.32 Å². The van der Waals surface area contributed by atoms with Gasteiger partial charge in [0.25, 0.3) is 0 Å². The van der Waals surface area contributed by atoms with Crippen LogP contribution >= 0.6 is 11.3 Å². The molecule has 2 heterocycles. The maximum Gasteiger partial charge on any atom is 0.140 e. The molecule has 4 nitrogen and oxygen atoms in total. The van der Waals surface area contributed by atoms with Crippen molar-refractivity contribution < 1.29 is 0 Å². The molecule has 0 bridgehead atoms. The fraction of sp³-hybridized carbons (Fsp3) is 0.400. The van der Waals surface area contributed by atoms with E-state index in [0.717, 1.165) is 12.4 Å². The Balaban J connectivity index is 1.91. The van der Waals surface area contributed by atoms with Crippen LogP contribution < -0.4 is 5.32 Å². The summed E-state index contributed by atoms with van der Waals surface area (Å²) in [5, 5.41) is 11.7. The van der Waals surface area contributed by atoms with Gasteiger partial charge in [-0.1, -0.05) is 0 Å². The fourth-order valence-electron chi connectivity index (χ4n) is 1.36. The molecule has 80 valence electrons. The van der Waals surface area contributed by atoms with Crippen molar-refractivity contribution in [3.63, 3.8) is 0 Å². The number of hydrogen-bond donors (Lipinski definition) is 1. The molecule has 0 radical (unpaired) electrons. The van der Waals surface area contributed by atoms with E-state index in [0.29, 0.717) is 6.04 Å². The SMILES string of the molecule is CC(NCc1ncnn1C)c1ccsc1. The number of aromatic nitrogens is 3. The summed E-state index contributed by atoms with van der Waals surface area (Å²) in [5.74, 6) is 0.956. The van der Waals surface area contributed by atoms with Crippen molar-refractivity contribution in [3.8, 4) is 0 Å². The number of aryl methyl sites for hydroxylation is 1. The maximum atomic E-state index is 4.16. The quantitative estimate of drug-likeness (QED) is 0.856. The first-order valence-corrected chi connectivity index (χ1v) is 5.80. The Morgan fingerprint density at radius 3 is 3.07 bits per heavy atom. The topological polar surface area (TPSA) is 42.7 Å². The van der Waals surface area contributed by atoms with Crippen molar-refractivity contribution >= 4 is 11.3 Å². The zero-order valence-corrected chi connectivity index (χ0v) is 9.66. The highest BCUT2D eigenvalue weighted by Gasteiger charge is 2.06. The summed E-state index contributed by atoms with van der Waals surface area (Å²) in [6, 6.07) is 2.49. The van der Waals surface area contributed by atoms with E-state index < -0.39 is 0 Å². The third kappa shape index (κ3) is 2.43. The Bertz CT molecular complexity index is 407. The van der Waals surface area contributed by atoms with Crippen LogP contribution in [0.1, 0.15) is 24.4 Å². The predicted octanol–water partition coefficient (Wildman–Crippen LogP) is 1.73. The summed E-state index contributed by atoms with van der Waals surface area (Å²) in [5.41, 5.74) is 1.32. The average molecular weight is 222 g/mol. The zero-order valence-electron chi connectivity index (χ0n) is 8.84. The van der Waals surface area contributed by atoms with Gasteiger partial charge in [0.05, 0.1) is 6.54 Å². The van der Waals surface area contributed by atoms with Crippen LogP contribution in [0.2, 0.25) is 0 Å². The van der Waals surface area contributed by atoms with Gasteiger partial charge in [0.1, 0.15) is 12.2 Å². The molecule has 1 N–H and O–H groups in total. The van der Waals surface area contributed by atoms with E-state index in [-0.39, 0.29) is 0 Å². The number of thiophene rings is 1. The summed E-state index contributed by atoms with van der Waals surface area (Å²) in [4.78, 5) is 4.16. The molecule has 0 aromatic carbocycles. The molecule has 0 aliphatic rings. The smallest absolute Gasteiger partial charge is 0.140 e. The number of nitrogens with zero attached hydrogens (tertiary/aromatic N) is 3. The normalized spacial score (nSPS) is 12.9. The molecule has 0 saturated heterocycles. The van der Waals surface area contributed by atoms with Crippen molar-refractivity contribution in [2.75, 3.05) is 0 Å². The van der Waals surface area contributed by atoms with Crippen LogP contribution in [0.3, 0.4) is 0 Å². The van der Waals surface area contributed by atoms with Crippen LogP contribution in [0.15, 0.2) is 23.2 Å². The molecule has 0 amide bonds. The van der Waals surface area contributed by atoms with E-state index in [1.807, 2.05) is 7.05 Å². The molecule has 0 aliphatic heterocycles. The molecule has 15 heavy (non-hydrogen) atoms. The van der Waals surface area contributed by atoms with Gasteiger partial charge in [-0.25, -0.2) is 4.98 Å². The summed E-state index contributed by atoms with van der Waals surface area (Å²) >= 11 is 1.72. The van der Waals surface area contributed by atoms with Gasteiger partial charge in [-0.3, -0.25) is 4.68 Å². The Labute approximate surface area is 93.0 Å². The van der Waals surface area contributed by atoms with Crippen LogP contribution in [-0.2, 0) is 13.6 Å². The molecule has 0 fully saturated rings. The van der Waals surface area contributed by atoms with E-state index in [4.69, 9.17) is 0 Å². The first-order chi connectivity index (χ1) is 7.27. The lowest BCUT2D eigenvalue weighted by Gasteiger charge is -2.11. The highest BCUT2D eigenvalue weighted by Crippen LogP contribution is 2.15. The first-order valence-electron chi connectivity index (χ1n) is 4.85. The third-order valence-electron chi connectivity index (χ3n) is 2.41. The second kappa shape index (κ2) is 4.55. The Morgan fingerprint density at radius 2 is 2.47 bits per heavy atom. The lowest BCUT2D eigenvalue weighted by Crippen LogP contribution is -2.19. The molecule has 2 aromatic heterocycles. The summed E-state index contributed by atoms with van der Waals surface area (Å²) in [6.07, 6.45) is 1.58. The van der Waals surface area contributed by atoms with Crippen molar-refractivity contribution in [1.82, 2.24) is 20.1 Å². The zero-order chi connectivity index (χ0) is 10.7. The van der Waals surface area contributed by atoms with Crippen LogP contribution in [0.5, 0.6) is 0 Å². The standard InChI is InChI=1S/C10H14N4S/c1-8(9-3-4-15-6-9)11-5-10-12-7-13-14(10)2/h3-4,6-8,11H,5H2,1-2H3. The summed E-state index contributed by atoms with van der Waals surface area (Å²) in [7, 11) is 1.90. The second-order valence-corrected chi connectivity index (χ2v) is 4.24. The minimum Gasteiger partial charge on any atom is -0.303 e. The van der Waals surface area contributed by atoms with Gasteiger partial charge in [-0.2, -0.15) is 16.4 Å². The van der Waals surface area contributed by atoms with E-state index in [1.165, 1.54) is 5.56 Å². The Morgan fingerprint density at radius 1 is 1.60 bits per heavy atom. The number of nitrogens with one attached hydrogen (secondary N) is 1. The van der Waals surface area contributed by atoms with Crippen molar-refractivity contribution in [2.24, 2.45) is 7.05 Å². The number of rotatable bonds is 4.